The fourth-order valence-electron chi connectivity index (χ4n) is 2.79. The lowest BCUT2D eigenvalue weighted by Gasteiger charge is -2.10. The van der Waals surface area contributed by atoms with Crippen LogP contribution in [0.1, 0.15) is 5.56 Å². The molecule has 4 N–H and O–H groups in total. The van der Waals surface area contributed by atoms with Crippen molar-refractivity contribution in [3.63, 3.8) is 0 Å². The summed E-state index contributed by atoms with van der Waals surface area (Å²) in [5, 5.41) is 15.2. The highest BCUT2D eigenvalue weighted by molar-refractivity contribution is 7.99. The average molecular weight is 488 g/mol. The maximum atomic E-state index is 12.3. The molecule has 3 aromatic rings. The van der Waals surface area contributed by atoms with Crippen LogP contribution in [-0.4, -0.2) is 61.2 Å². The van der Waals surface area contributed by atoms with Crippen molar-refractivity contribution in [2.24, 2.45) is 5.10 Å². The van der Waals surface area contributed by atoms with Crippen LogP contribution >= 0.6 is 11.8 Å². The van der Waals surface area contributed by atoms with E-state index in [1.54, 1.807) is 57.9 Å². The number of anilines is 2. The standard InChI is InChI=1S/C21H25N7O5S/c1-30-15-7-5-13(9-17(15)32-3)11-23-25-20-26-27-21(28(20)22)34-12-19(29)24-14-6-8-16(31-2)18(10-14)33-4/h5-11H,12,22H2,1-4H3,(H,24,29)(H,25,26)/b23-11+. The summed E-state index contributed by atoms with van der Waals surface area (Å²) < 4.78 is 22.1. The summed E-state index contributed by atoms with van der Waals surface area (Å²) >= 11 is 1.13. The van der Waals surface area contributed by atoms with Crippen LogP contribution < -0.4 is 35.5 Å². The summed E-state index contributed by atoms with van der Waals surface area (Å²) in [6, 6.07) is 10.5. The number of aromatic nitrogens is 3. The first-order valence-electron chi connectivity index (χ1n) is 9.85. The van der Waals surface area contributed by atoms with Gasteiger partial charge in [0.25, 0.3) is 5.95 Å². The molecular formula is C21H25N7O5S. The quantitative estimate of drug-likeness (QED) is 0.159. The summed E-state index contributed by atoms with van der Waals surface area (Å²) in [6.07, 6.45) is 1.57. The zero-order valence-electron chi connectivity index (χ0n) is 19.1. The molecule has 0 aliphatic rings. The molecule has 0 saturated heterocycles. The van der Waals surface area contributed by atoms with Crippen molar-refractivity contribution in [2.75, 3.05) is 50.8 Å². The fourth-order valence-corrected chi connectivity index (χ4v) is 3.45. The zero-order chi connectivity index (χ0) is 24.5. The van der Waals surface area contributed by atoms with Crippen molar-refractivity contribution in [3.8, 4) is 23.0 Å². The molecule has 0 aliphatic heterocycles. The van der Waals surface area contributed by atoms with Crippen molar-refractivity contribution in [1.82, 2.24) is 14.9 Å². The number of rotatable bonds is 11. The fraction of sp³-hybridized carbons (Fsp3) is 0.238. The van der Waals surface area contributed by atoms with Crippen LogP contribution in [0.15, 0.2) is 46.7 Å². The Kier molecular flexibility index (Phi) is 8.40. The summed E-state index contributed by atoms with van der Waals surface area (Å²) in [5.74, 6) is 8.32. The van der Waals surface area contributed by atoms with E-state index in [1.165, 1.54) is 11.8 Å². The van der Waals surface area contributed by atoms with Gasteiger partial charge < -0.3 is 30.1 Å². The number of carbonyl (C=O) groups is 1. The number of nitrogens with zero attached hydrogens (tertiary/aromatic N) is 4. The van der Waals surface area contributed by atoms with Gasteiger partial charge in [0.15, 0.2) is 23.0 Å². The molecule has 34 heavy (non-hydrogen) atoms. The van der Waals surface area contributed by atoms with Crippen LogP contribution in [0.25, 0.3) is 0 Å². The molecule has 0 fully saturated rings. The number of ether oxygens (including phenoxy) is 4. The van der Waals surface area contributed by atoms with Crippen molar-refractivity contribution in [3.05, 3.63) is 42.0 Å². The van der Waals surface area contributed by atoms with E-state index >= 15 is 0 Å². The first-order chi connectivity index (χ1) is 16.5. The number of methoxy groups -OCH3 is 4. The second-order valence-electron chi connectivity index (χ2n) is 6.57. The lowest BCUT2D eigenvalue weighted by atomic mass is 10.2. The first-order valence-corrected chi connectivity index (χ1v) is 10.8. The number of benzene rings is 2. The Labute approximate surface area is 200 Å². The van der Waals surface area contributed by atoms with Crippen LogP contribution in [-0.2, 0) is 4.79 Å². The van der Waals surface area contributed by atoms with Crippen molar-refractivity contribution in [1.29, 1.82) is 0 Å². The van der Waals surface area contributed by atoms with Crippen LogP contribution in [0.4, 0.5) is 11.6 Å². The topological polar surface area (TPSA) is 147 Å². The van der Waals surface area contributed by atoms with E-state index in [-0.39, 0.29) is 17.6 Å². The third-order valence-corrected chi connectivity index (χ3v) is 5.39. The normalized spacial score (nSPS) is 10.7. The predicted molar refractivity (Wildman–Crippen MR) is 130 cm³/mol. The molecule has 1 heterocycles. The van der Waals surface area contributed by atoms with E-state index in [9.17, 15) is 4.79 Å². The van der Waals surface area contributed by atoms with Crippen molar-refractivity contribution in [2.45, 2.75) is 5.16 Å². The molecule has 13 heteroatoms. The lowest BCUT2D eigenvalue weighted by Crippen LogP contribution is -2.17. The van der Waals surface area contributed by atoms with Crippen LogP contribution in [0.5, 0.6) is 23.0 Å². The maximum Gasteiger partial charge on any atom is 0.264 e. The second kappa shape index (κ2) is 11.7. The SMILES string of the molecule is COc1ccc(/C=N/Nc2nnc(SCC(=O)Nc3ccc(OC)c(OC)c3)n2N)cc1OC. The van der Waals surface area contributed by atoms with Crippen LogP contribution in [0, 0.1) is 0 Å². The van der Waals surface area contributed by atoms with Gasteiger partial charge in [0.05, 0.1) is 40.4 Å². The summed E-state index contributed by atoms with van der Waals surface area (Å²) in [7, 11) is 6.19. The number of thioether (sulfide) groups is 1. The van der Waals surface area contributed by atoms with Gasteiger partial charge in [-0.15, -0.1) is 10.2 Å². The van der Waals surface area contributed by atoms with Gasteiger partial charge in [-0.05, 0) is 35.9 Å². The molecule has 1 aromatic heterocycles. The Morgan fingerprint density at radius 3 is 2.32 bits per heavy atom. The number of nitrogens with one attached hydrogen (secondary N) is 2. The molecule has 0 atom stereocenters. The smallest absolute Gasteiger partial charge is 0.264 e. The Bertz CT molecular complexity index is 1170. The number of amides is 1. The van der Waals surface area contributed by atoms with E-state index in [4.69, 9.17) is 24.8 Å². The largest absolute Gasteiger partial charge is 0.493 e. The molecule has 0 spiro atoms. The van der Waals surface area contributed by atoms with Crippen molar-refractivity contribution >= 4 is 35.5 Å². The third-order valence-electron chi connectivity index (χ3n) is 4.45. The van der Waals surface area contributed by atoms with E-state index in [0.29, 0.717) is 33.8 Å². The van der Waals surface area contributed by atoms with Gasteiger partial charge in [0.1, 0.15) is 0 Å². The molecule has 1 amide bonds. The number of hydrogen-bond acceptors (Lipinski definition) is 11. The van der Waals surface area contributed by atoms with Gasteiger partial charge in [-0.25, -0.2) is 10.1 Å². The van der Waals surface area contributed by atoms with E-state index in [1.807, 2.05) is 6.07 Å². The number of nitrogen functional groups attached to an aromatic ring is 1. The van der Waals surface area contributed by atoms with E-state index < -0.39 is 0 Å². The van der Waals surface area contributed by atoms with Crippen LogP contribution in [0.3, 0.4) is 0 Å². The highest BCUT2D eigenvalue weighted by atomic mass is 32.2. The molecule has 0 radical (unpaired) electrons. The Hall–Kier alpha value is -4.13. The molecule has 3 rings (SSSR count). The maximum absolute atomic E-state index is 12.3. The minimum absolute atomic E-state index is 0.0680. The molecule has 0 aliphatic carbocycles. The van der Waals surface area contributed by atoms with Crippen LogP contribution in [0.2, 0.25) is 0 Å². The number of hydrogen-bond donors (Lipinski definition) is 3. The van der Waals surface area contributed by atoms with Crippen molar-refractivity contribution < 1.29 is 23.7 Å². The molecular weight excluding hydrogens is 462 g/mol. The Balaban J connectivity index is 1.55. The molecule has 180 valence electrons. The molecule has 0 saturated carbocycles. The Morgan fingerprint density at radius 2 is 1.65 bits per heavy atom. The van der Waals surface area contributed by atoms with E-state index in [2.05, 4.69) is 26.0 Å². The number of nitrogens with two attached hydrogens (primary N) is 1. The van der Waals surface area contributed by atoms with Gasteiger partial charge in [0, 0.05) is 11.8 Å². The highest BCUT2D eigenvalue weighted by Crippen LogP contribution is 2.30. The van der Waals surface area contributed by atoms with E-state index in [0.717, 1.165) is 17.3 Å². The van der Waals surface area contributed by atoms with Gasteiger partial charge >= 0.3 is 0 Å². The Morgan fingerprint density at radius 1 is 1.00 bits per heavy atom. The van der Waals surface area contributed by atoms with Gasteiger partial charge in [-0.1, -0.05) is 11.8 Å². The third kappa shape index (κ3) is 6.01. The summed E-state index contributed by atoms with van der Waals surface area (Å²) in [4.78, 5) is 12.3. The van der Waals surface area contributed by atoms with Gasteiger partial charge in [-0.2, -0.15) is 5.10 Å². The molecule has 0 unspecified atom stereocenters. The second-order valence-corrected chi connectivity index (χ2v) is 7.51. The molecule has 2 aromatic carbocycles. The number of hydrazone groups is 1. The molecule has 12 nitrogen and oxygen atoms in total. The summed E-state index contributed by atoms with van der Waals surface area (Å²) in [6.45, 7) is 0. The lowest BCUT2D eigenvalue weighted by molar-refractivity contribution is -0.113. The average Bonchev–Trinajstić information content (AvgIpc) is 3.21. The van der Waals surface area contributed by atoms with Gasteiger partial charge in [0.2, 0.25) is 11.1 Å². The summed E-state index contributed by atoms with van der Waals surface area (Å²) in [5.41, 5.74) is 4.07. The minimum atomic E-state index is -0.249. The zero-order valence-corrected chi connectivity index (χ0v) is 19.9. The first kappa shape index (κ1) is 24.5. The minimum Gasteiger partial charge on any atom is -0.493 e. The van der Waals surface area contributed by atoms with Gasteiger partial charge in [-0.3, -0.25) is 4.79 Å². The predicted octanol–water partition coefficient (Wildman–Crippen LogP) is 2.20. The monoisotopic (exact) mass is 487 g/mol. The highest BCUT2D eigenvalue weighted by Gasteiger charge is 2.13. The molecule has 0 bridgehead atoms. The number of carbonyl (C=O) groups excluding carboxylic acids is 1.